The molecule has 1 aliphatic rings. The average Bonchev–Trinajstić information content (AvgIpc) is 3.21. The van der Waals surface area contributed by atoms with Crippen molar-refractivity contribution in [1.82, 2.24) is 4.72 Å². The van der Waals surface area contributed by atoms with Crippen molar-refractivity contribution < 1.29 is 22.7 Å². The molecule has 0 spiro atoms. The molecule has 0 saturated heterocycles. The third-order valence-corrected chi connectivity index (χ3v) is 6.99. The Morgan fingerprint density at radius 1 is 1.15 bits per heavy atom. The van der Waals surface area contributed by atoms with Crippen LogP contribution in [0.15, 0.2) is 47.4 Å². The first-order valence-corrected chi connectivity index (χ1v) is 12.5. The molecule has 0 unspecified atom stereocenters. The monoisotopic (exact) mass is 473 g/mol. The van der Waals surface area contributed by atoms with Gasteiger partial charge in [0.1, 0.15) is 11.8 Å². The first-order valence-electron chi connectivity index (χ1n) is 11.0. The maximum atomic E-state index is 13.2. The molecule has 3 rings (SSSR count). The van der Waals surface area contributed by atoms with Crippen LogP contribution in [-0.2, 0) is 26.0 Å². The highest BCUT2D eigenvalue weighted by atomic mass is 32.2. The lowest BCUT2D eigenvalue weighted by Gasteiger charge is -2.21. The quantitative estimate of drug-likeness (QED) is 0.581. The number of methoxy groups -OCH3 is 1. The minimum absolute atomic E-state index is 0.00805. The van der Waals surface area contributed by atoms with Crippen LogP contribution >= 0.6 is 0 Å². The van der Waals surface area contributed by atoms with E-state index >= 15 is 0 Å². The van der Waals surface area contributed by atoms with E-state index in [1.807, 2.05) is 13.8 Å². The summed E-state index contributed by atoms with van der Waals surface area (Å²) in [5, 5.41) is 2.77. The highest BCUT2D eigenvalue weighted by molar-refractivity contribution is 7.89. The van der Waals surface area contributed by atoms with Gasteiger partial charge in [-0.3, -0.25) is 9.59 Å². The van der Waals surface area contributed by atoms with Gasteiger partial charge in [0.25, 0.3) is 0 Å². The lowest BCUT2D eigenvalue weighted by Crippen LogP contribution is -2.44. The molecule has 178 valence electrons. The van der Waals surface area contributed by atoms with Crippen molar-refractivity contribution >= 4 is 33.2 Å². The van der Waals surface area contributed by atoms with Crippen LogP contribution in [0.5, 0.6) is 5.75 Å². The molecule has 2 amide bonds. The Bertz CT molecular complexity index is 1130. The number of hydrogen-bond donors (Lipinski definition) is 2. The topological polar surface area (TPSA) is 105 Å². The molecule has 2 aromatic rings. The van der Waals surface area contributed by atoms with Gasteiger partial charge in [0, 0.05) is 30.4 Å². The van der Waals surface area contributed by atoms with E-state index in [4.69, 9.17) is 4.74 Å². The number of carbonyl (C=O) groups is 2. The van der Waals surface area contributed by atoms with Gasteiger partial charge < -0.3 is 15.0 Å². The van der Waals surface area contributed by atoms with Crippen molar-refractivity contribution in [3.8, 4) is 5.75 Å². The van der Waals surface area contributed by atoms with Crippen molar-refractivity contribution in [2.24, 2.45) is 5.92 Å². The van der Waals surface area contributed by atoms with E-state index in [9.17, 15) is 18.0 Å². The smallest absolute Gasteiger partial charge is 0.242 e. The normalized spacial score (nSPS) is 14.2. The van der Waals surface area contributed by atoms with Gasteiger partial charge in [0.2, 0.25) is 21.8 Å². The number of carbonyl (C=O) groups excluding carboxylic acids is 2. The molecule has 1 heterocycles. The van der Waals surface area contributed by atoms with Crippen molar-refractivity contribution in [2.75, 3.05) is 23.9 Å². The van der Waals surface area contributed by atoms with Gasteiger partial charge in [0.05, 0.1) is 12.0 Å². The van der Waals surface area contributed by atoms with E-state index in [2.05, 4.69) is 10.0 Å². The van der Waals surface area contributed by atoms with Crippen molar-refractivity contribution in [2.45, 2.75) is 51.0 Å². The third-order valence-electron chi connectivity index (χ3n) is 5.52. The number of nitrogens with zero attached hydrogens (tertiary/aromatic N) is 1. The molecule has 33 heavy (non-hydrogen) atoms. The van der Waals surface area contributed by atoms with Crippen molar-refractivity contribution in [3.63, 3.8) is 0 Å². The Labute approximate surface area is 195 Å². The Hall–Kier alpha value is -2.91. The summed E-state index contributed by atoms with van der Waals surface area (Å²) in [6, 6.07) is 10.7. The average molecular weight is 474 g/mol. The molecular formula is C24H31N3O5S. The second kappa shape index (κ2) is 10.4. The molecule has 0 aliphatic carbocycles. The highest BCUT2D eigenvalue weighted by Crippen LogP contribution is 2.31. The lowest BCUT2D eigenvalue weighted by atomic mass is 10.0. The summed E-state index contributed by atoms with van der Waals surface area (Å²) in [5.41, 5.74) is 2.07. The zero-order valence-electron chi connectivity index (χ0n) is 19.4. The zero-order chi connectivity index (χ0) is 24.2. The van der Waals surface area contributed by atoms with Gasteiger partial charge in [-0.1, -0.05) is 26.8 Å². The largest absolute Gasteiger partial charge is 0.497 e. The molecular weight excluding hydrogens is 442 g/mol. The molecule has 1 atom stereocenters. The summed E-state index contributed by atoms with van der Waals surface area (Å²) in [5.74, 6) is 0.236. The summed E-state index contributed by atoms with van der Waals surface area (Å²) in [6.07, 6.45) is 1.31. The molecule has 9 heteroatoms. The second-order valence-corrected chi connectivity index (χ2v) is 10.2. The van der Waals surface area contributed by atoms with Gasteiger partial charge in [-0.25, -0.2) is 8.42 Å². The number of hydrogen-bond acceptors (Lipinski definition) is 5. The highest BCUT2D eigenvalue weighted by Gasteiger charge is 2.29. The minimum atomic E-state index is -3.96. The van der Waals surface area contributed by atoms with E-state index in [1.165, 1.54) is 13.2 Å². The summed E-state index contributed by atoms with van der Waals surface area (Å²) in [7, 11) is -2.43. The Morgan fingerprint density at radius 3 is 2.58 bits per heavy atom. The first kappa shape index (κ1) is 24.7. The molecule has 2 N–H and O–H groups in total. The number of fused-ring (bicyclic) bond motifs is 1. The Balaban J connectivity index is 1.81. The predicted octanol–water partition coefficient (Wildman–Crippen LogP) is 3.33. The van der Waals surface area contributed by atoms with E-state index < -0.39 is 22.0 Å². The van der Waals surface area contributed by atoms with Gasteiger partial charge in [0.15, 0.2) is 0 Å². The van der Waals surface area contributed by atoms with Crippen LogP contribution in [-0.4, -0.2) is 39.9 Å². The van der Waals surface area contributed by atoms with Crippen LogP contribution in [0.4, 0.5) is 11.4 Å². The standard InChI is InChI=1S/C24H31N3O5S/c1-5-23(28)27-12-11-17-14-20(9-10-22(17)27)33(30,31)26-21(13-16(2)3)24(29)25-18-7-6-8-19(15-18)32-4/h6-10,14-16,21,26H,5,11-13H2,1-4H3,(H,25,29)/t21-/m0/s1. The minimum Gasteiger partial charge on any atom is -0.497 e. The maximum absolute atomic E-state index is 13.2. The number of benzene rings is 2. The maximum Gasteiger partial charge on any atom is 0.242 e. The third kappa shape index (κ3) is 5.91. The molecule has 8 nitrogen and oxygen atoms in total. The number of rotatable bonds is 9. The van der Waals surface area contributed by atoms with Crippen LogP contribution in [0, 0.1) is 5.92 Å². The fraction of sp³-hybridized carbons (Fsp3) is 0.417. The number of ether oxygens (including phenoxy) is 1. The molecule has 0 bridgehead atoms. The van der Waals surface area contributed by atoms with E-state index in [0.29, 0.717) is 37.2 Å². The molecule has 1 aliphatic heterocycles. The summed E-state index contributed by atoms with van der Waals surface area (Å²) in [6.45, 7) is 6.19. The molecule has 0 saturated carbocycles. The summed E-state index contributed by atoms with van der Waals surface area (Å²) < 4.78 is 34.1. The van der Waals surface area contributed by atoms with E-state index in [0.717, 1.165) is 11.3 Å². The van der Waals surface area contributed by atoms with Crippen molar-refractivity contribution in [3.05, 3.63) is 48.0 Å². The summed E-state index contributed by atoms with van der Waals surface area (Å²) in [4.78, 5) is 26.8. The van der Waals surface area contributed by atoms with Crippen molar-refractivity contribution in [1.29, 1.82) is 0 Å². The molecule has 0 fully saturated rings. The first-order chi connectivity index (χ1) is 15.6. The Morgan fingerprint density at radius 2 is 1.91 bits per heavy atom. The SMILES string of the molecule is CCC(=O)N1CCc2cc(S(=O)(=O)N[C@@H](CC(C)C)C(=O)Nc3cccc(OC)c3)ccc21. The number of anilines is 2. The zero-order valence-corrected chi connectivity index (χ0v) is 20.2. The van der Waals surface area contributed by atoms with Crippen LogP contribution in [0.2, 0.25) is 0 Å². The van der Waals surface area contributed by atoms with Gasteiger partial charge in [-0.15, -0.1) is 0 Å². The number of amides is 2. The van der Waals surface area contributed by atoms with Gasteiger partial charge >= 0.3 is 0 Å². The fourth-order valence-corrected chi connectivity index (χ4v) is 5.12. The lowest BCUT2D eigenvalue weighted by molar-refractivity contribution is -0.118. The van der Waals surface area contributed by atoms with E-state index in [-0.39, 0.29) is 16.7 Å². The molecule has 0 radical (unpaired) electrons. The van der Waals surface area contributed by atoms with Gasteiger partial charge in [-0.2, -0.15) is 4.72 Å². The predicted molar refractivity (Wildman–Crippen MR) is 128 cm³/mol. The van der Waals surface area contributed by atoms with Crippen LogP contribution < -0.4 is 19.7 Å². The molecule has 0 aromatic heterocycles. The van der Waals surface area contributed by atoms with Gasteiger partial charge in [-0.05, 0) is 54.7 Å². The number of nitrogens with one attached hydrogen (secondary N) is 2. The Kier molecular flexibility index (Phi) is 7.76. The summed E-state index contributed by atoms with van der Waals surface area (Å²) >= 11 is 0. The van der Waals surface area contributed by atoms with E-state index in [1.54, 1.807) is 48.2 Å². The fourth-order valence-electron chi connectivity index (χ4n) is 3.86. The van der Waals surface area contributed by atoms with Crippen LogP contribution in [0.1, 0.15) is 39.2 Å². The molecule has 2 aromatic carbocycles. The number of sulfonamides is 1. The van der Waals surface area contributed by atoms with Crippen LogP contribution in [0.25, 0.3) is 0 Å². The van der Waals surface area contributed by atoms with Crippen LogP contribution in [0.3, 0.4) is 0 Å². The second-order valence-electron chi connectivity index (χ2n) is 8.46.